The monoisotopic (exact) mass is 170 g/mol. The van der Waals surface area contributed by atoms with Crippen molar-refractivity contribution >= 4 is 0 Å². The minimum Gasteiger partial charge on any atom is -0.389 e. The summed E-state index contributed by atoms with van der Waals surface area (Å²) in [5.74, 6) is 0.365. The van der Waals surface area contributed by atoms with Gasteiger partial charge < -0.3 is 9.84 Å². The molecule has 2 heteroatoms. The summed E-state index contributed by atoms with van der Waals surface area (Å²) < 4.78 is 5.68. The quantitative estimate of drug-likeness (QED) is 0.649. The molecular weight excluding hydrogens is 152 g/mol. The smallest absolute Gasteiger partial charge is 0.0719 e. The van der Waals surface area contributed by atoms with E-state index in [1.165, 1.54) is 0 Å². The van der Waals surface area contributed by atoms with Gasteiger partial charge in [0.25, 0.3) is 0 Å². The topological polar surface area (TPSA) is 29.5 Å². The molecule has 0 spiro atoms. The number of fused-ring (bicyclic) bond motifs is 2. The van der Waals surface area contributed by atoms with Gasteiger partial charge in [-0.2, -0.15) is 0 Å². The largest absolute Gasteiger partial charge is 0.389 e. The first-order chi connectivity index (χ1) is 5.60. The van der Waals surface area contributed by atoms with E-state index in [-0.39, 0.29) is 0 Å². The van der Waals surface area contributed by atoms with E-state index in [1.54, 1.807) is 0 Å². The van der Waals surface area contributed by atoms with E-state index in [0.717, 1.165) is 25.7 Å². The molecule has 0 amide bonds. The fourth-order valence-corrected chi connectivity index (χ4v) is 2.42. The lowest BCUT2D eigenvalue weighted by atomic mass is 9.81. The lowest BCUT2D eigenvalue weighted by molar-refractivity contribution is -0.132. The van der Waals surface area contributed by atoms with Crippen LogP contribution in [0.4, 0.5) is 0 Å². The van der Waals surface area contributed by atoms with Gasteiger partial charge in [0.1, 0.15) is 0 Å². The Morgan fingerprint density at radius 1 is 1.25 bits per heavy atom. The van der Waals surface area contributed by atoms with E-state index in [1.807, 2.05) is 0 Å². The molecule has 0 unspecified atom stereocenters. The average molecular weight is 170 g/mol. The molecule has 12 heavy (non-hydrogen) atoms. The van der Waals surface area contributed by atoms with Gasteiger partial charge in [-0.15, -0.1) is 0 Å². The van der Waals surface area contributed by atoms with Crippen LogP contribution in [0.2, 0.25) is 0 Å². The van der Waals surface area contributed by atoms with Crippen LogP contribution in [-0.4, -0.2) is 22.9 Å². The van der Waals surface area contributed by atoms with E-state index in [9.17, 15) is 5.11 Å². The zero-order valence-electron chi connectivity index (χ0n) is 7.92. The standard InChI is InChI=1S/C10H18O2/c1-7(2)10(11)5-8-3-4-9(6-10)12-8/h7-9,11H,3-6H2,1-2H3/t8-,9-/m0/s1. The summed E-state index contributed by atoms with van der Waals surface area (Å²) in [7, 11) is 0. The van der Waals surface area contributed by atoms with E-state index in [4.69, 9.17) is 4.74 Å². The highest BCUT2D eigenvalue weighted by Crippen LogP contribution is 2.41. The van der Waals surface area contributed by atoms with Crippen LogP contribution in [0.3, 0.4) is 0 Å². The van der Waals surface area contributed by atoms with Crippen molar-refractivity contribution in [3.05, 3.63) is 0 Å². The molecule has 0 aromatic carbocycles. The summed E-state index contributed by atoms with van der Waals surface area (Å²) in [5, 5.41) is 10.2. The van der Waals surface area contributed by atoms with Crippen LogP contribution < -0.4 is 0 Å². The Labute approximate surface area is 73.9 Å². The van der Waals surface area contributed by atoms with E-state index in [0.29, 0.717) is 18.1 Å². The number of ether oxygens (including phenoxy) is 1. The molecule has 0 aromatic rings. The van der Waals surface area contributed by atoms with Crippen molar-refractivity contribution in [1.82, 2.24) is 0 Å². The van der Waals surface area contributed by atoms with Crippen LogP contribution in [0, 0.1) is 5.92 Å². The maximum absolute atomic E-state index is 10.2. The first-order valence-electron chi connectivity index (χ1n) is 4.98. The first-order valence-corrected chi connectivity index (χ1v) is 4.98. The molecule has 0 radical (unpaired) electrons. The third-order valence-corrected chi connectivity index (χ3v) is 3.43. The van der Waals surface area contributed by atoms with Crippen LogP contribution in [0.15, 0.2) is 0 Å². The third-order valence-electron chi connectivity index (χ3n) is 3.43. The van der Waals surface area contributed by atoms with Gasteiger partial charge in [-0.25, -0.2) is 0 Å². The van der Waals surface area contributed by atoms with E-state index < -0.39 is 5.60 Å². The predicted octanol–water partition coefficient (Wildman–Crippen LogP) is 1.71. The molecule has 2 aliphatic rings. The SMILES string of the molecule is CC(C)C1(O)C[C@@H]2CC[C@@H](C1)O2. The Balaban J connectivity index is 2.10. The Hall–Kier alpha value is -0.0800. The molecule has 70 valence electrons. The van der Waals surface area contributed by atoms with Crippen molar-refractivity contribution in [2.45, 2.75) is 57.3 Å². The second-order valence-corrected chi connectivity index (χ2v) is 4.62. The number of hydrogen-bond acceptors (Lipinski definition) is 2. The van der Waals surface area contributed by atoms with Gasteiger partial charge in [0.2, 0.25) is 0 Å². The van der Waals surface area contributed by atoms with Crippen molar-refractivity contribution in [2.75, 3.05) is 0 Å². The lowest BCUT2D eigenvalue weighted by Crippen LogP contribution is -2.44. The molecule has 2 bridgehead atoms. The molecule has 0 saturated carbocycles. The number of aliphatic hydroxyl groups is 1. The number of hydrogen-bond donors (Lipinski definition) is 1. The van der Waals surface area contributed by atoms with Crippen LogP contribution in [-0.2, 0) is 4.74 Å². The summed E-state index contributed by atoms with van der Waals surface area (Å²) in [4.78, 5) is 0. The van der Waals surface area contributed by atoms with Gasteiger partial charge in [0, 0.05) is 12.8 Å². The molecule has 1 N–H and O–H groups in total. The second-order valence-electron chi connectivity index (χ2n) is 4.62. The van der Waals surface area contributed by atoms with Crippen LogP contribution >= 0.6 is 0 Å². The van der Waals surface area contributed by atoms with Crippen molar-refractivity contribution in [3.63, 3.8) is 0 Å². The van der Waals surface area contributed by atoms with Crippen LogP contribution in [0.5, 0.6) is 0 Å². The molecule has 2 heterocycles. The summed E-state index contributed by atoms with van der Waals surface area (Å²) >= 11 is 0. The van der Waals surface area contributed by atoms with Gasteiger partial charge in [0.15, 0.2) is 0 Å². The summed E-state index contributed by atoms with van der Waals surface area (Å²) in [6.07, 6.45) is 4.69. The molecule has 2 aliphatic heterocycles. The molecule has 2 saturated heterocycles. The first kappa shape index (κ1) is 8.52. The Morgan fingerprint density at radius 2 is 1.75 bits per heavy atom. The summed E-state index contributed by atoms with van der Waals surface area (Å²) in [6, 6.07) is 0. The fourth-order valence-electron chi connectivity index (χ4n) is 2.42. The molecule has 0 aliphatic carbocycles. The maximum atomic E-state index is 10.2. The van der Waals surface area contributed by atoms with Gasteiger partial charge in [-0.1, -0.05) is 13.8 Å². The third kappa shape index (κ3) is 1.27. The normalized spacial score (nSPS) is 47.0. The van der Waals surface area contributed by atoms with Crippen molar-refractivity contribution in [3.8, 4) is 0 Å². The number of rotatable bonds is 1. The average Bonchev–Trinajstić information content (AvgIpc) is 2.30. The van der Waals surface area contributed by atoms with Gasteiger partial charge in [0.05, 0.1) is 17.8 Å². The van der Waals surface area contributed by atoms with E-state index >= 15 is 0 Å². The minimum atomic E-state index is -0.440. The van der Waals surface area contributed by atoms with Crippen LogP contribution in [0.25, 0.3) is 0 Å². The Morgan fingerprint density at radius 3 is 2.17 bits per heavy atom. The van der Waals surface area contributed by atoms with Gasteiger partial charge in [-0.05, 0) is 18.8 Å². The summed E-state index contributed by atoms with van der Waals surface area (Å²) in [6.45, 7) is 4.20. The molecular formula is C10H18O2. The van der Waals surface area contributed by atoms with Crippen molar-refractivity contribution in [1.29, 1.82) is 0 Å². The highest BCUT2D eigenvalue weighted by atomic mass is 16.5. The highest BCUT2D eigenvalue weighted by molar-refractivity contribution is 4.95. The summed E-state index contributed by atoms with van der Waals surface area (Å²) in [5.41, 5.74) is -0.440. The minimum absolute atomic E-state index is 0.344. The molecule has 2 atom stereocenters. The Bertz CT molecular complexity index is 165. The lowest BCUT2D eigenvalue weighted by Gasteiger charge is -2.39. The molecule has 0 aromatic heterocycles. The predicted molar refractivity (Wildman–Crippen MR) is 46.9 cm³/mol. The highest BCUT2D eigenvalue weighted by Gasteiger charge is 2.45. The maximum Gasteiger partial charge on any atom is 0.0719 e. The van der Waals surface area contributed by atoms with Crippen LogP contribution in [0.1, 0.15) is 39.5 Å². The molecule has 2 rings (SSSR count). The van der Waals surface area contributed by atoms with E-state index in [2.05, 4.69) is 13.8 Å². The Kier molecular flexibility index (Phi) is 1.92. The molecule has 2 fully saturated rings. The van der Waals surface area contributed by atoms with Gasteiger partial charge >= 0.3 is 0 Å². The fraction of sp³-hybridized carbons (Fsp3) is 1.00. The zero-order valence-corrected chi connectivity index (χ0v) is 7.92. The van der Waals surface area contributed by atoms with Gasteiger partial charge in [-0.3, -0.25) is 0 Å². The zero-order chi connectivity index (χ0) is 8.77. The second kappa shape index (κ2) is 2.71. The van der Waals surface area contributed by atoms with Crippen molar-refractivity contribution < 1.29 is 9.84 Å². The molecule has 2 nitrogen and oxygen atoms in total. The van der Waals surface area contributed by atoms with Crippen molar-refractivity contribution in [2.24, 2.45) is 5.92 Å².